The standard InChI is InChI=1S/C29H31FN8/c1-31-28(21-6-4-12-37(16-21)15-20-5-2-3-7-26(20)30)14-32-23-10-11-27-25(13-23)29(36-35-27)22-8-9-24-18-38(17-22)34-19-33-24/h2-3,5,7-11,13-14,17,19,21,31-32H,4,6,12,15-16,18H2,1H3,(H,35,36)/b28-14-/t21-/m1/s1. The summed E-state index contributed by atoms with van der Waals surface area (Å²) in [6.45, 7) is 3.16. The number of anilines is 1. The second kappa shape index (κ2) is 10.6. The lowest BCUT2D eigenvalue weighted by Gasteiger charge is -2.34. The summed E-state index contributed by atoms with van der Waals surface area (Å²) in [5, 5.41) is 21.9. The number of aromatic nitrogens is 2. The molecule has 0 spiro atoms. The van der Waals surface area contributed by atoms with Gasteiger partial charge in [0, 0.05) is 66.4 Å². The van der Waals surface area contributed by atoms with E-state index in [2.05, 4.69) is 48.1 Å². The SMILES string of the molecule is CN/C(=C\Nc1ccc2[nH]nc(C3=CN4CC(=NC=N4)C=C3)c2c1)[C@@H]1CCCN(Cc2ccccc2F)C1. The lowest BCUT2D eigenvalue weighted by Crippen LogP contribution is -2.38. The summed E-state index contributed by atoms with van der Waals surface area (Å²) in [7, 11) is 1.96. The predicted octanol–water partition coefficient (Wildman–Crippen LogP) is 4.70. The van der Waals surface area contributed by atoms with Gasteiger partial charge in [-0.15, -0.1) is 0 Å². The van der Waals surface area contributed by atoms with E-state index in [1.807, 2.05) is 54.7 Å². The van der Waals surface area contributed by atoms with Crippen molar-refractivity contribution in [1.82, 2.24) is 25.4 Å². The molecule has 0 amide bonds. The van der Waals surface area contributed by atoms with Crippen molar-refractivity contribution >= 4 is 34.2 Å². The van der Waals surface area contributed by atoms with Crippen molar-refractivity contribution in [3.63, 3.8) is 0 Å². The van der Waals surface area contributed by atoms with Gasteiger partial charge in [-0.3, -0.25) is 15.0 Å². The van der Waals surface area contributed by atoms with E-state index in [9.17, 15) is 4.39 Å². The number of rotatable bonds is 7. The Balaban J connectivity index is 1.19. The molecule has 3 aliphatic rings. The lowest BCUT2D eigenvalue weighted by molar-refractivity contribution is 0.179. The van der Waals surface area contributed by atoms with Gasteiger partial charge in [0.2, 0.25) is 0 Å². The molecule has 1 atom stereocenters. The normalized spacial score (nSPS) is 19.8. The molecule has 8 nitrogen and oxygen atoms in total. The number of benzene rings is 2. The maximum Gasteiger partial charge on any atom is 0.136 e. The first-order valence-electron chi connectivity index (χ1n) is 13.0. The van der Waals surface area contributed by atoms with E-state index in [1.165, 1.54) is 6.07 Å². The van der Waals surface area contributed by atoms with Crippen molar-refractivity contribution in [1.29, 1.82) is 0 Å². The highest BCUT2D eigenvalue weighted by molar-refractivity contribution is 6.05. The zero-order chi connectivity index (χ0) is 25.9. The van der Waals surface area contributed by atoms with Gasteiger partial charge in [0.05, 0.1) is 17.8 Å². The Hall–Kier alpha value is -4.24. The van der Waals surface area contributed by atoms with Crippen LogP contribution in [0.4, 0.5) is 10.1 Å². The fraction of sp³-hybridized carbons (Fsp3) is 0.276. The number of hydrogen-bond acceptors (Lipinski definition) is 7. The third-order valence-corrected chi connectivity index (χ3v) is 7.31. The van der Waals surface area contributed by atoms with E-state index in [-0.39, 0.29) is 5.82 Å². The first-order chi connectivity index (χ1) is 18.7. The molecule has 3 N–H and O–H groups in total. The first kappa shape index (κ1) is 24.1. The first-order valence-corrected chi connectivity index (χ1v) is 13.0. The molecule has 2 bridgehead atoms. The molecule has 3 aliphatic heterocycles. The van der Waals surface area contributed by atoms with Crippen LogP contribution in [0.15, 0.2) is 82.8 Å². The number of piperidine rings is 1. The number of hydrazone groups is 1. The van der Waals surface area contributed by atoms with Gasteiger partial charge in [-0.1, -0.05) is 18.2 Å². The van der Waals surface area contributed by atoms with Crippen LogP contribution in [0.5, 0.6) is 0 Å². The van der Waals surface area contributed by atoms with Crippen LogP contribution in [-0.2, 0) is 6.54 Å². The summed E-state index contributed by atoms with van der Waals surface area (Å²) in [6.07, 6.45) is 11.9. The zero-order valence-electron chi connectivity index (χ0n) is 21.4. The molecule has 0 saturated carbocycles. The summed E-state index contributed by atoms with van der Waals surface area (Å²) in [5.74, 6) is 0.214. The molecule has 0 radical (unpaired) electrons. The van der Waals surface area contributed by atoms with Gasteiger partial charge in [0.1, 0.15) is 17.8 Å². The second-order valence-electron chi connectivity index (χ2n) is 9.86. The van der Waals surface area contributed by atoms with Crippen LogP contribution in [0, 0.1) is 11.7 Å². The van der Waals surface area contributed by atoms with E-state index in [4.69, 9.17) is 0 Å². The van der Waals surface area contributed by atoms with E-state index in [0.717, 1.165) is 70.8 Å². The summed E-state index contributed by atoms with van der Waals surface area (Å²) >= 11 is 0. The molecule has 6 rings (SSSR count). The Labute approximate surface area is 221 Å². The number of halogens is 1. The number of fused-ring (bicyclic) bond motifs is 3. The van der Waals surface area contributed by atoms with E-state index >= 15 is 0 Å². The number of aromatic amines is 1. The lowest BCUT2D eigenvalue weighted by atomic mass is 9.94. The highest BCUT2D eigenvalue weighted by Gasteiger charge is 2.23. The third-order valence-electron chi connectivity index (χ3n) is 7.31. The van der Waals surface area contributed by atoms with Crippen LogP contribution in [0.2, 0.25) is 0 Å². The minimum absolute atomic E-state index is 0.133. The second-order valence-corrected chi connectivity index (χ2v) is 9.86. The summed E-state index contributed by atoms with van der Waals surface area (Å²) in [4.78, 5) is 6.65. The molecule has 1 fully saturated rings. The number of H-pyrrole nitrogens is 1. The van der Waals surface area contributed by atoms with Crippen LogP contribution in [0.3, 0.4) is 0 Å². The molecule has 194 valence electrons. The predicted molar refractivity (Wildman–Crippen MR) is 151 cm³/mol. The van der Waals surface area contributed by atoms with Gasteiger partial charge in [-0.25, -0.2) is 9.38 Å². The van der Waals surface area contributed by atoms with Crippen molar-refractivity contribution in [2.45, 2.75) is 19.4 Å². The molecule has 1 aromatic heterocycles. The van der Waals surface area contributed by atoms with Crippen LogP contribution in [0.25, 0.3) is 16.5 Å². The molecule has 1 saturated heterocycles. The molecule has 9 heteroatoms. The molecule has 38 heavy (non-hydrogen) atoms. The molecule has 4 heterocycles. The number of allylic oxidation sites excluding steroid dienone is 2. The Kier molecular flexibility index (Phi) is 6.75. The molecular weight excluding hydrogens is 479 g/mol. The topological polar surface area (TPSA) is 83.9 Å². The van der Waals surface area contributed by atoms with Crippen molar-refractivity contribution in [2.24, 2.45) is 16.0 Å². The minimum Gasteiger partial charge on any atom is -0.390 e. The Morgan fingerprint density at radius 2 is 2.13 bits per heavy atom. The van der Waals surface area contributed by atoms with Gasteiger partial charge in [-0.05, 0) is 55.8 Å². The molecule has 0 aliphatic carbocycles. The fourth-order valence-corrected chi connectivity index (χ4v) is 5.32. The number of hydrogen-bond donors (Lipinski definition) is 3. The zero-order valence-corrected chi connectivity index (χ0v) is 21.4. The van der Waals surface area contributed by atoms with E-state index < -0.39 is 0 Å². The smallest absolute Gasteiger partial charge is 0.136 e. The van der Waals surface area contributed by atoms with Gasteiger partial charge < -0.3 is 10.6 Å². The number of nitrogens with zero attached hydrogens (tertiary/aromatic N) is 5. The number of nitrogens with one attached hydrogen (secondary N) is 3. The Morgan fingerprint density at radius 3 is 3.03 bits per heavy atom. The summed E-state index contributed by atoms with van der Waals surface area (Å²) < 4.78 is 14.2. The van der Waals surface area contributed by atoms with Crippen LogP contribution < -0.4 is 10.6 Å². The minimum atomic E-state index is -0.133. The van der Waals surface area contributed by atoms with Crippen molar-refractivity contribution in [3.8, 4) is 0 Å². The monoisotopic (exact) mass is 510 g/mol. The van der Waals surface area contributed by atoms with Crippen LogP contribution >= 0.6 is 0 Å². The average Bonchev–Trinajstić information content (AvgIpc) is 3.30. The number of aliphatic imine (C=N–C) groups is 1. The fourth-order valence-electron chi connectivity index (χ4n) is 5.32. The highest BCUT2D eigenvalue weighted by atomic mass is 19.1. The van der Waals surface area contributed by atoms with Crippen LogP contribution in [-0.4, -0.2) is 58.8 Å². The van der Waals surface area contributed by atoms with Crippen molar-refractivity contribution < 1.29 is 4.39 Å². The Bertz CT molecular complexity index is 1480. The average molecular weight is 511 g/mol. The highest BCUT2D eigenvalue weighted by Crippen LogP contribution is 2.29. The maximum atomic E-state index is 14.2. The van der Waals surface area contributed by atoms with Crippen molar-refractivity contribution in [3.05, 3.63) is 89.8 Å². The largest absolute Gasteiger partial charge is 0.390 e. The third kappa shape index (κ3) is 5.10. The van der Waals surface area contributed by atoms with Gasteiger partial charge in [-0.2, -0.15) is 10.2 Å². The summed E-state index contributed by atoms with van der Waals surface area (Å²) in [6, 6.07) is 13.3. The van der Waals surface area contributed by atoms with Crippen molar-refractivity contribution in [2.75, 3.05) is 32.0 Å². The molecule has 3 aromatic rings. The maximum absolute atomic E-state index is 14.2. The van der Waals surface area contributed by atoms with Gasteiger partial charge in [0.15, 0.2) is 0 Å². The Morgan fingerprint density at radius 1 is 1.21 bits per heavy atom. The quantitative estimate of drug-likeness (QED) is 0.429. The van der Waals surface area contributed by atoms with Gasteiger partial charge >= 0.3 is 0 Å². The molecular formula is C29H31FN8. The van der Waals surface area contributed by atoms with E-state index in [1.54, 1.807) is 12.4 Å². The molecule has 0 unspecified atom stereocenters. The van der Waals surface area contributed by atoms with Gasteiger partial charge in [0.25, 0.3) is 0 Å². The van der Waals surface area contributed by atoms with E-state index in [0.29, 0.717) is 19.0 Å². The molecule has 2 aromatic carbocycles. The number of likely N-dealkylation sites (tertiary alicyclic amines) is 1. The van der Waals surface area contributed by atoms with Crippen LogP contribution in [0.1, 0.15) is 24.1 Å². The summed E-state index contributed by atoms with van der Waals surface area (Å²) in [5.41, 5.74) is 6.66.